The number of hydrogen-bond donors (Lipinski definition) is 2. The van der Waals surface area contributed by atoms with E-state index in [1.54, 1.807) is 11.3 Å². The van der Waals surface area contributed by atoms with Crippen molar-refractivity contribution in [1.29, 1.82) is 0 Å². The number of nitrogens with zero attached hydrogens (tertiary/aromatic N) is 1. The zero-order chi connectivity index (χ0) is 19.7. The molecule has 0 saturated heterocycles. The molecule has 0 aliphatic carbocycles. The van der Waals surface area contributed by atoms with Crippen LogP contribution in [-0.2, 0) is 0 Å². The summed E-state index contributed by atoms with van der Waals surface area (Å²) in [6.07, 6.45) is 0. The fraction of sp³-hybridized carbons (Fsp3) is 0.0476. The molecule has 4 aromatic rings. The Morgan fingerprint density at radius 2 is 1.75 bits per heavy atom. The van der Waals surface area contributed by atoms with Crippen LogP contribution in [0.3, 0.4) is 0 Å². The van der Waals surface area contributed by atoms with Gasteiger partial charge in [-0.3, -0.25) is 0 Å². The van der Waals surface area contributed by atoms with Gasteiger partial charge in [0.25, 0.3) is 0 Å². The van der Waals surface area contributed by atoms with Crippen LogP contribution in [0.25, 0.3) is 20.8 Å². The highest BCUT2D eigenvalue weighted by Gasteiger charge is 2.08. The monoisotopic (exact) mass is 411 g/mol. The van der Waals surface area contributed by atoms with E-state index in [0.29, 0.717) is 0 Å². The number of anilines is 2. The van der Waals surface area contributed by atoms with E-state index in [2.05, 4.69) is 34.7 Å². The number of benzene rings is 3. The zero-order valence-corrected chi connectivity index (χ0v) is 16.4. The van der Waals surface area contributed by atoms with Crippen molar-refractivity contribution in [2.45, 2.75) is 6.92 Å². The molecule has 0 radical (unpaired) electrons. The number of halogens is 2. The summed E-state index contributed by atoms with van der Waals surface area (Å²) in [5.41, 5.74) is 4.06. The maximum Gasteiger partial charge on any atom is 0.175 e. The molecule has 4 rings (SSSR count). The zero-order valence-electron chi connectivity index (χ0n) is 14.8. The molecule has 0 aliphatic rings. The number of aryl methyl sites for hydroxylation is 1. The Balaban J connectivity index is 1.47. The molecule has 2 N–H and O–H groups in total. The van der Waals surface area contributed by atoms with Gasteiger partial charge >= 0.3 is 0 Å². The lowest BCUT2D eigenvalue weighted by Gasteiger charge is -2.11. The van der Waals surface area contributed by atoms with Crippen LogP contribution in [0.1, 0.15) is 5.56 Å². The summed E-state index contributed by atoms with van der Waals surface area (Å²) in [5, 5.41) is 6.87. The van der Waals surface area contributed by atoms with Crippen molar-refractivity contribution in [3.63, 3.8) is 0 Å². The molecular formula is C21H15F2N3S2. The first-order valence-corrected chi connectivity index (χ1v) is 9.71. The van der Waals surface area contributed by atoms with Crippen LogP contribution in [-0.4, -0.2) is 10.1 Å². The smallest absolute Gasteiger partial charge is 0.175 e. The highest BCUT2D eigenvalue weighted by molar-refractivity contribution is 7.80. The standard InChI is InChI=1S/C21H15F2N3S2/c1-12-2-8-18-19(10-12)28-20(25-18)13-3-6-15(7-4-13)24-21(27)26-17-9-5-14(22)11-16(17)23/h2-11H,1H3,(H2,24,26,27). The number of nitrogens with one attached hydrogen (secondary N) is 2. The van der Waals surface area contributed by atoms with E-state index in [9.17, 15) is 8.78 Å². The van der Waals surface area contributed by atoms with Gasteiger partial charge < -0.3 is 10.6 Å². The Labute approximate surface area is 170 Å². The first-order valence-electron chi connectivity index (χ1n) is 8.48. The third kappa shape index (κ3) is 4.00. The summed E-state index contributed by atoms with van der Waals surface area (Å²) in [4.78, 5) is 4.67. The third-order valence-electron chi connectivity index (χ3n) is 4.11. The first-order chi connectivity index (χ1) is 13.5. The van der Waals surface area contributed by atoms with E-state index in [0.717, 1.165) is 32.5 Å². The topological polar surface area (TPSA) is 37.0 Å². The van der Waals surface area contributed by atoms with Gasteiger partial charge in [-0.05, 0) is 73.2 Å². The molecule has 0 atom stereocenters. The molecule has 0 fully saturated rings. The van der Waals surface area contributed by atoms with Crippen molar-refractivity contribution in [2.24, 2.45) is 0 Å². The van der Waals surface area contributed by atoms with Crippen LogP contribution in [0, 0.1) is 18.6 Å². The van der Waals surface area contributed by atoms with E-state index in [4.69, 9.17) is 12.2 Å². The highest BCUT2D eigenvalue weighted by atomic mass is 32.1. The van der Waals surface area contributed by atoms with E-state index >= 15 is 0 Å². The van der Waals surface area contributed by atoms with Crippen molar-refractivity contribution in [1.82, 2.24) is 4.98 Å². The number of thiocarbonyl (C=S) groups is 1. The molecule has 1 aromatic heterocycles. The quantitative estimate of drug-likeness (QED) is 0.385. The predicted molar refractivity (Wildman–Crippen MR) is 116 cm³/mol. The molecule has 0 spiro atoms. The van der Waals surface area contributed by atoms with E-state index in [1.165, 1.54) is 17.7 Å². The van der Waals surface area contributed by atoms with Gasteiger partial charge in [0.1, 0.15) is 16.6 Å². The Morgan fingerprint density at radius 1 is 0.964 bits per heavy atom. The minimum Gasteiger partial charge on any atom is -0.332 e. The van der Waals surface area contributed by atoms with Crippen LogP contribution >= 0.6 is 23.6 Å². The molecule has 0 saturated carbocycles. The van der Waals surface area contributed by atoms with Gasteiger partial charge in [-0.15, -0.1) is 11.3 Å². The van der Waals surface area contributed by atoms with Crippen molar-refractivity contribution in [3.8, 4) is 10.6 Å². The van der Waals surface area contributed by atoms with Gasteiger partial charge in [-0.2, -0.15) is 0 Å². The van der Waals surface area contributed by atoms with Crippen molar-refractivity contribution < 1.29 is 8.78 Å². The summed E-state index contributed by atoms with van der Waals surface area (Å²) in [5.74, 6) is -1.34. The normalized spacial score (nSPS) is 10.8. The average Bonchev–Trinajstić information content (AvgIpc) is 3.08. The average molecular weight is 412 g/mol. The molecule has 3 aromatic carbocycles. The molecule has 28 heavy (non-hydrogen) atoms. The molecule has 0 unspecified atom stereocenters. The minimum atomic E-state index is -0.703. The second-order valence-electron chi connectivity index (χ2n) is 6.27. The lowest BCUT2D eigenvalue weighted by Crippen LogP contribution is -2.19. The van der Waals surface area contributed by atoms with E-state index < -0.39 is 11.6 Å². The number of aromatic nitrogens is 1. The third-order valence-corrected chi connectivity index (χ3v) is 5.38. The molecule has 0 aliphatic heterocycles. The summed E-state index contributed by atoms with van der Waals surface area (Å²) in [7, 11) is 0. The van der Waals surface area contributed by atoms with Gasteiger partial charge in [-0.25, -0.2) is 13.8 Å². The minimum absolute atomic E-state index is 0.111. The van der Waals surface area contributed by atoms with Crippen LogP contribution in [0.4, 0.5) is 20.2 Å². The fourth-order valence-corrected chi connectivity index (χ4v) is 4.02. The van der Waals surface area contributed by atoms with Crippen molar-refractivity contribution in [2.75, 3.05) is 10.6 Å². The number of fused-ring (bicyclic) bond motifs is 1. The molecule has 0 bridgehead atoms. The Kier molecular flexibility index (Phi) is 5.02. The van der Waals surface area contributed by atoms with Crippen LogP contribution in [0.5, 0.6) is 0 Å². The molecule has 3 nitrogen and oxygen atoms in total. The van der Waals surface area contributed by atoms with E-state index in [1.807, 2.05) is 30.3 Å². The molecule has 1 heterocycles. The van der Waals surface area contributed by atoms with Gasteiger partial charge in [-0.1, -0.05) is 6.07 Å². The van der Waals surface area contributed by atoms with Crippen molar-refractivity contribution >= 4 is 50.3 Å². The lowest BCUT2D eigenvalue weighted by atomic mass is 10.2. The Hall–Kier alpha value is -2.90. The number of rotatable bonds is 3. The van der Waals surface area contributed by atoms with Gasteiger partial charge in [0.15, 0.2) is 5.11 Å². The fourth-order valence-electron chi connectivity index (χ4n) is 2.73. The maximum atomic E-state index is 13.7. The van der Waals surface area contributed by atoms with Crippen LogP contribution < -0.4 is 10.6 Å². The second-order valence-corrected chi connectivity index (χ2v) is 7.71. The largest absolute Gasteiger partial charge is 0.332 e. The molecule has 140 valence electrons. The Morgan fingerprint density at radius 3 is 2.50 bits per heavy atom. The summed E-state index contributed by atoms with van der Waals surface area (Å²) < 4.78 is 27.8. The number of hydrogen-bond acceptors (Lipinski definition) is 3. The molecule has 0 amide bonds. The summed E-state index contributed by atoms with van der Waals surface area (Å²) in [6, 6.07) is 17.1. The lowest BCUT2D eigenvalue weighted by molar-refractivity contribution is 0.586. The Bertz CT molecular complexity index is 1170. The summed E-state index contributed by atoms with van der Waals surface area (Å²) in [6.45, 7) is 2.06. The van der Waals surface area contributed by atoms with Crippen LogP contribution in [0.15, 0.2) is 60.7 Å². The summed E-state index contributed by atoms with van der Waals surface area (Å²) >= 11 is 6.85. The van der Waals surface area contributed by atoms with Gasteiger partial charge in [0.05, 0.1) is 15.9 Å². The van der Waals surface area contributed by atoms with Crippen molar-refractivity contribution in [3.05, 3.63) is 77.9 Å². The van der Waals surface area contributed by atoms with Crippen LogP contribution in [0.2, 0.25) is 0 Å². The molecule has 7 heteroatoms. The second kappa shape index (κ2) is 7.61. The van der Waals surface area contributed by atoms with E-state index in [-0.39, 0.29) is 10.8 Å². The molecular weight excluding hydrogens is 396 g/mol. The SMILES string of the molecule is Cc1ccc2nc(-c3ccc(NC(=S)Nc4ccc(F)cc4F)cc3)sc2c1. The predicted octanol–water partition coefficient (Wildman–Crippen LogP) is 6.36. The van der Waals surface area contributed by atoms with Gasteiger partial charge in [0, 0.05) is 17.3 Å². The number of thiazole rings is 1. The maximum absolute atomic E-state index is 13.7. The highest BCUT2D eigenvalue weighted by Crippen LogP contribution is 2.31. The van der Waals surface area contributed by atoms with Gasteiger partial charge in [0.2, 0.25) is 0 Å². The first kappa shape index (κ1) is 18.5.